The largest absolute Gasteiger partial charge is 0.508 e. The van der Waals surface area contributed by atoms with Gasteiger partial charge in [0.05, 0.1) is 5.92 Å². The molecule has 3 N–H and O–H groups in total. The van der Waals surface area contributed by atoms with Crippen molar-refractivity contribution in [2.24, 2.45) is 5.73 Å². The second kappa shape index (κ2) is 8.46. The molecular weight excluding hydrogens is 366 g/mol. The predicted molar refractivity (Wildman–Crippen MR) is 110 cm³/mol. The summed E-state index contributed by atoms with van der Waals surface area (Å²) in [5.41, 5.74) is 8.05. The number of ether oxygens (including phenoxy) is 2. The number of nitriles is 1. The normalized spacial score (nSPS) is 19.2. The second-order valence-electron chi connectivity index (χ2n) is 7.47. The molecule has 6 nitrogen and oxygen atoms in total. The quantitative estimate of drug-likeness (QED) is 0.811. The zero-order valence-electron chi connectivity index (χ0n) is 16.3. The molecule has 0 spiro atoms. The van der Waals surface area contributed by atoms with Gasteiger partial charge < -0.3 is 20.3 Å². The van der Waals surface area contributed by atoms with E-state index in [9.17, 15) is 10.4 Å². The van der Waals surface area contributed by atoms with Gasteiger partial charge in [0, 0.05) is 18.2 Å². The molecule has 2 aromatic rings. The van der Waals surface area contributed by atoms with Gasteiger partial charge in [0.2, 0.25) is 5.88 Å². The van der Waals surface area contributed by atoms with E-state index in [1.54, 1.807) is 12.1 Å². The first-order valence-corrected chi connectivity index (χ1v) is 10.0. The van der Waals surface area contributed by atoms with Crippen LogP contribution in [0.3, 0.4) is 0 Å². The third-order valence-electron chi connectivity index (χ3n) is 5.54. The van der Waals surface area contributed by atoms with Crippen molar-refractivity contribution in [2.45, 2.75) is 25.2 Å². The maximum atomic E-state index is 9.75. The molecule has 1 fully saturated rings. The van der Waals surface area contributed by atoms with Gasteiger partial charge in [0.15, 0.2) is 0 Å². The average Bonchev–Trinajstić information content (AvgIpc) is 2.74. The van der Waals surface area contributed by atoms with Crippen LogP contribution < -0.4 is 15.2 Å². The van der Waals surface area contributed by atoms with Crippen LogP contribution in [0.15, 0.2) is 53.9 Å². The van der Waals surface area contributed by atoms with Crippen LogP contribution in [0, 0.1) is 11.3 Å². The van der Waals surface area contributed by atoms with Gasteiger partial charge in [-0.1, -0.05) is 24.6 Å². The number of piperidine rings is 1. The van der Waals surface area contributed by atoms with Gasteiger partial charge in [-0.2, -0.15) is 5.26 Å². The molecule has 2 aliphatic rings. The van der Waals surface area contributed by atoms with E-state index in [1.165, 1.54) is 25.3 Å². The van der Waals surface area contributed by atoms with Crippen molar-refractivity contribution < 1.29 is 14.6 Å². The Morgan fingerprint density at radius 2 is 1.90 bits per heavy atom. The fourth-order valence-electron chi connectivity index (χ4n) is 4.02. The smallest absolute Gasteiger partial charge is 0.205 e. The number of fused-ring (bicyclic) bond motifs is 1. The van der Waals surface area contributed by atoms with E-state index < -0.39 is 0 Å². The van der Waals surface area contributed by atoms with E-state index in [4.69, 9.17) is 15.2 Å². The number of aromatic hydroxyl groups is 1. The van der Waals surface area contributed by atoms with Crippen molar-refractivity contribution in [3.8, 4) is 23.3 Å². The number of allylic oxidation sites excluding steroid dienone is 1. The minimum absolute atomic E-state index is 0.0671. The SMILES string of the molecule is N#CC1=C(N)Oc2cc(O)ccc2C1c1ccc(OCCN2CCCCC2)cc1. The number of benzene rings is 2. The molecule has 150 valence electrons. The fraction of sp³-hybridized carbons (Fsp3) is 0.348. The summed E-state index contributed by atoms with van der Waals surface area (Å²) >= 11 is 0. The summed E-state index contributed by atoms with van der Waals surface area (Å²) in [7, 11) is 0. The Balaban J connectivity index is 1.50. The molecule has 0 saturated carbocycles. The lowest BCUT2D eigenvalue weighted by atomic mass is 9.83. The number of hydrogen-bond donors (Lipinski definition) is 2. The molecule has 29 heavy (non-hydrogen) atoms. The number of nitrogens with zero attached hydrogens (tertiary/aromatic N) is 2. The molecule has 2 aliphatic heterocycles. The zero-order valence-corrected chi connectivity index (χ0v) is 16.3. The van der Waals surface area contributed by atoms with Gasteiger partial charge in [-0.25, -0.2) is 0 Å². The minimum atomic E-state index is -0.341. The molecule has 2 aromatic carbocycles. The van der Waals surface area contributed by atoms with E-state index in [1.807, 2.05) is 24.3 Å². The van der Waals surface area contributed by atoms with Gasteiger partial charge in [-0.3, -0.25) is 4.90 Å². The van der Waals surface area contributed by atoms with Gasteiger partial charge in [0.1, 0.15) is 35.5 Å². The summed E-state index contributed by atoms with van der Waals surface area (Å²) < 4.78 is 11.5. The summed E-state index contributed by atoms with van der Waals surface area (Å²) in [5.74, 6) is 1.09. The van der Waals surface area contributed by atoms with Gasteiger partial charge in [-0.05, 0) is 49.7 Å². The van der Waals surface area contributed by atoms with E-state index in [2.05, 4.69) is 11.0 Å². The molecule has 1 unspecified atom stereocenters. The highest BCUT2D eigenvalue weighted by Crippen LogP contribution is 2.43. The van der Waals surface area contributed by atoms with E-state index in [-0.39, 0.29) is 17.6 Å². The third kappa shape index (κ3) is 4.15. The second-order valence-corrected chi connectivity index (χ2v) is 7.47. The average molecular weight is 391 g/mol. The molecule has 2 heterocycles. The molecule has 1 saturated heterocycles. The van der Waals surface area contributed by atoms with Crippen molar-refractivity contribution in [1.82, 2.24) is 4.90 Å². The number of likely N-dealkylation sites (tertiary alicyclic amines) is 1. The van der Waals surface area contributed by atoms with Crippen LogP contribution >= 0.6 is 0 Å². The fourth-order valence-corrected chi connectivity index (χ4v) is 4.02. The Morgan fingerprint density at radius 1 is 1.14 bits per heavy atom. The number of hydrogen-bond acceptors (Lipinski definition) is 6. The Labute approximate surface area is 170 Å². The molecular formula is C23H25N3O3. The van der Waals surface area contributed by atoms with Crippen molar-refractivity contribution in [3.05, 3.63) is 65.0 Å². The number of phenolic OH excluding ortho intramolecular Hbond substituents is 1. The van der Waals surface area contributed by atoms with Crippen molar-refractivity contribution >= 4 is 0 Å². The van der Waals surface area contributed by atoms with Crippen LogP contribution in [-0.4, -0.2) is 36.2 Å². The van der Waals surface area contributed by atoms with Crippen molar-refractivity contribution in [2.75, 3.05) is 26.2 Å². The topological polar surface area (TPSA) is 91.7 Å². The molecule has 0 radical (unpaired) electrons. The zero-order chi connectivity index (χ0) is 20.2. The number of rotatable bonds is 5. The van der Waals surface area contributed by atoms with Gasteiger partial charge in [-0.15, -0.1) is 0 Å². The van der Waals surface area contributed by atoms with Crippen molar-refractivity contribution in [3.63, 3.8) is 0 Å². The summed E-state index contributed by atoms with van der Waals surface area (Å²) in [6.45, 7) is 3.92. The first-order valence-electron chi connectivity index (χ1n) is 10.0. The van der Waals surface area contributed by atoms with Crippen LogP contribution in [0.2, 0.25) is 0 Å². The molecule has 1 atom stereocenters. The van der Waals surface area contributed by atoms with Crippen LogP contribution in [0.1, 0.15) is 36.3 Å². The lowest BCUT2D eigenvalue weighted by molar-refractivity contribution is 0.183. The van der Waals surface area contributed by atoms with Crippen LogP contribution in [0.5, 0.6) is 17.2 Å². The lowest BCUT2D eigenvalue weighted by Gasteiger charge is -2.27. The lowest BCUT2D eigenvalue weighted by Crippen LogP contribution is -2.33. The van der Waals surface area contributed by atoms with Crippen molar-refractivity contribution in [1.29, 1.82) is 5.26 Å². The Morgan fingerprint density at radius 3 is 2.62 bits per heavy atom. The number of nitrogens with two attached hydrogens (primary N) is 1. The third-order valence-corrected chi connectivity index (χ3v) is 5.54. The maximum absolute atomic E-state index is 9.75. The van der Waals surface area contributed by atoms with Crippen LogP contribution in [0.4, 0.5) is 0 Å². The summed E-state index contributed by atoms with van der Waals surface area (Å²) in [5, 5.41) is 19.4. The molecule has 0 aromatic heterocycles. The number of phenols is 1. The van der Waals surface area contributed by atoms with Crippen LogP contribution in [-0.2, 0) is 0 Å². The molecule has 4 rings (SSSR count). The molecule has 0 amide bonds. The first-order chi connectivity index (χ1) is 14.2. The highest BCUT2D eigenvalue weighted by molar-refractivity contribution is 5.57. The molecule has 0 bridgehead atoms. The monoisotopic (exact) mass is 391 g/mol. The summed E-state index contributed by atoms with van der Waals surface area (Å²) in [4.78, 5) is 2.44. The van der Waals surface area contributed by atoms with Gasteiger partial charge >= 0.3 is 0 Å². The highest BCUT2D eigenvalue weighted by Gasteiger charge is 2.30. The Bertz CT molecular complexity index is 941. The van der Waals surface area contributed by atoms with E-state index >= 15 is 0 Å². The molecule has 0 aliphatic carbocycles. The minimum Gasteiger partial charge on any atom is -0.508 e. The highest BCUT2D eigenvalue weighted by atomic mass is 16.5. The van der Waals surface area contributed by atoms with E-state index in [0.29, 0.717) is 17.9 Å². The Hall–Kier alpha value is -3.17. The summed E-state index contributed by atoms with van der Waals surface area (Å²) in [6, 6.07) is 14.8. The standard InChI is InChI=1S/C23H25N3O3/c24-15-20-22(19-9-6-17(27)14-21(19)29-23(20)25)16-4-7-18(8-5-16)28-13-12-26-10-2-1-3-11-26/h4-9,14,22,27H,1-3,10-13,25H2. The maximum Gasteiger partial charge on any atom is 0.205 e. The first kappa shape index (κ1) is 19.2. The van der Waals surface area contributed by atoms with Gasteiger partial charge in [0.25, 0.3) is 0 Å². The predicted octanol–water partition coefficient (Wildman–Crippen LogP) is 3.48. The summed E-state index contributed by atoms with van der Waals surface area (Å²) in [6.07, 6.45) is 3.88. The Kier molecular flexibility index (Phi) is 5.59. The van der Waals surface area contributed by atoms with E-state index in [0.717, 1.165) is 36.5 Å². The molecule has 6 heteroatoms. The van der Waals surface area contributed by atoms with Crippen LogP contribution in [0.25, 0.3) is 0 Å².